The van der Waals surface area contributed by atoms with Gasteiger partial charge in [0.05, 0.1) is 12.0 Å². The second-order valence-corrected chi connectivity index (χ2v) is 6.41. The Labute approximate surface area is 142 Å². The third kappa shape index (κ3) is 3.50. The minimum atomic E-state index is -0.437. The molecule has 1 N–H and O–H groups in total. The van der Waals surface area contributed by atoms with Gasteiger partial charge in [-0.15, -0.1) is 10.2 Å². The van der Waals surface area contributed by atoms with Crippen LogP contribution in [0, 0.1) is 10.1 Å². The van der Waals surface area contributed by atoms with Gasteiger partial charge in [-0.1, -0.05) is 0 Å². The summed E-state index contributed by atoms with van der Waals surface area (Å²) in [5.41, 5.74) is 1.98. The molecule has 7 nitrogen and oxygen atoms in total. The highest BCUT2D eigenvalue weighted by molar-refractivity contribution is 7.07. The van der Waals surface area contributed by atoms with Gasteiger partial charge >= 0.3 is 0 Å². The Morgan fingerprint density at radius 3 is 2.67 bits per heavy atom. The molecule has 0 bridgehead atoms. The predicted octanol–water partition coefficient (Wildman–Crippen LogP) is 2.48. The lowest BCUT2D eigenvalue weighted by Crippen LogP contribution is -3.07. The molecular formula is C16H17N4O3S+. The summed E-state index contributed by atoms with van der Waals surface area (Å²) in [5.74, 6) is 0.922. The lowest BCUT2D eigenvalue weighted by atomic mass is 10.2. The van der Waals surface area contributed by atoms with Crippen molar-refractivity contribution in [2.75, 3.05) is 7.05 Å². The summed E-state index contributed by atoms with van der Waals surface area (Å²) in [6, 6.07) is 8.23. The Morgan fingerprint density at radius 2 is 2.04 bits per heavy atom. The second kappa shape index (κ2) is 6.90. The van der Waals surface area contributed by atoms with Gasteiger partial charge in [0, 0.05) is 23.3 Å². The van der Waals surface area contributed by atoms with E-state index in [4.69, 9.17) is 4.42 Å². The van der Waals surface area contributed by atoms with E-state index in [1.807, 2.05) is 6.92 Å². The standard InChI is InChI=1S/C16H16N4O3S/c1-11(19(2)9-12-7-8-24-10-12)15-17-18-16(23-15)13-3-5-14(6-4-13)20(21)22/h3-8,10-11H,9H2,1-2H3/p+1/t11-/m0/s1. The summed E-state index contributed by atoms with van der Waals surface area (Å²) in [5, 5.41) is 23.1. The predicted molar refractivity (Wildman–Crippen MR) is 89.7 cm³/mol. The Morgan fingerprint density at radius 1 is 1.29 bits per heavy atom. The first-order valence-corrected chi connectivity index (χ1v) is 8.40. The zero-order valence-corrected chi connectivity index (χ0v) is 14.1. The van der Waals surface area contributed by atoms with Gasteiger partial charge in [0.15, 0.2) is 6.04 Å². The number of non-ortho nitro benzene ring substituents is 1. The van der Waals surface area contributed by atoms with Crippen LogP contribution in [0.4, 0.5) is 5.69 Å². The van der Waals surface area contributed by atoms with Crippen molar-refractivity contribution >= 4 is 17.0 Å². The van der Waals surface area contributed by atoms with E-state index < -0.39 is 4.92 Å². The molecule has 0 fully saturated rings. The van der Waals surface area contributed by atoms with Gasteiger partial charge in [-0.3, -0.25) is 10.1 Å². The SMILES string of the molecule is C[C@@H](c1nnc(-c2ccc([N+](=O)[O-])cc2)o1)[NH+](C)Cc1ccsc1. The summed E-state index contributed by atoms with van der Waals surface area (Å²) in [6.45, 7) is 2.91. The number of aromatic nitrogens is 2. The molecule has 1 aromatic carbocycles. The number of thiophene rings is 1. The molecule has 0 amide bonds. The number of nitro benzene ring substituents is 1. The smallest absolute Gasteiger partial charge is 0.274 e. The van der Waals surface area contributed by atoms with E-state index in [-0.39, 0.29) is 11.7 Å². The first-order chi connectivity index (χ1) is 11.5. The fourth-order valence-electron chi connectivity index (χ4n) is 2.33. The zero-order valence-electron chi connectivity index (χ0n) is 13.3. The minimum Gasteiger partial charge on any atom is -0.415 e. The number of quaternary nitrogens is 1. The number of nitrogens with zero attached hydrogens (tertiary/aromatic N) is 3. The van der Waals surface area contributed by atoms with Crippen LogP contribution in [0.25, 0.3) is 11.5 Å². The van der Waals surface area contributed by atoms with Crippen LogP contribution >= 0.6 is 11.3 Å². The van der Waals surface area contributed by atoms with E-state index >= 15 is 0 Å². The summed E-state index contributed by atoms with van der Waals surface area (Å²) < 4.78 is 5.76. The molecule has 2 atom stereocenters. The third-order valence-corrected chi connectivity index (χ3v) is 4.67. The summed E-state index contributed by atoms with van der Waals surface area (Å²) in [6.07, 6.45) is 0. The summed E-state index contributed by atoms with van der Waals surface area (Å²) in [4.78, 5) is 11.5. The summed E-state index contributed by atoms with van der Waals surface area (Å²) in [7, 11) is 2.08. The highest BCUT2D eigenvalue weighted by atomic mass is 32.1. The molecule has 0 saturated carbocycles. The monoisotopic (exact) mass is 345 g/mol. The molecule has 0 aliphatic rings. The Bertz CT molecular complexity index is 814. The van der Waals surface area contributed by atoms with Crippen LogP contribution in [0.5, 0.6) is 0 Å². The number of rotatable bonds is 6. The van der Waals surface area contributed by atoms with E-state index in [1.165, 1.54) is 22.6 Å². The molecule has 0 spiro atoms. The van der Waals surface area contributed by atoms with Crippen molar-refractivity contribution in [2.45, 2.75) is 19.5 Å². The molecule has 124 valence electrons. The first kappa shape index (κ1) is 16.3. The summed E-state index contributed by atoms with van der Waals surface area (Å²) >= 11 is 1.68. The van der Waals surface area contributed by atoms with E-state index in [0.29, 0.717) is 17.3 Å². The number of nitro groups is 1. The van der Waals surface area contributed by atoms with Gasteiger partial charge in [-0.2, -0.15) is 11.3 Å². The fraction of sp³-hybridized carbons (Fsp3) is 0.250. The molecule has 8 heteroatoms. The molecule has 2 aromatic heterocycles. The Hall–Kier alpha value is -2.58. The van der Waals surface area contributed by atoms with Gasteiger partial charge in [-0.25, -0.2) is 0 Å². The molecule has 1 unspecified atom stereocenters. The van der Waals surface area contributed by atoms with Gasteiger partial charge < -0.3 is 9.32 Å². The van der Waals surface area contributed by atoms with Crippen LogP contribution in [0.15, 0.2) is 45.5 Å². The molecule has 0 aliphatic carbocycles. The lowest BCUT2D eigenvalue weighted by Gasteiger charge is -2.18. The fourth-order valence-corrected chi connectivity index (χ4v) is 3.00. The van der Waals surface area contributed by atoms with E-state index in [2.05, 4.69) is 34.1 Å². The number of nitrogens with one attached hydrogen (secondary N) is 1. The zero-order chi connectivity index (χ0) is 17.1. The molecule has 0 saturated heterocycles. The Kier molecular flexibility index (Phi) is 4.68. The minimum absolute atomic E-state index is 0.0341. The van der Waals surface area contributed by atoms with Crippen LogP contribution in [0.3, 0.4) is 0 Å². The number of hydrogen-bond acceptors (Lipinski definition) is 6. The van der Waals surface area contributed by atoms with Crippen molar-refractivity contribution in [1.82, 2.24) is 10.2 Å². The number of benzene rings is 1. The van der Waals surface area contributed by atoms with E-state index in [0.717, 1.165) is 6.54 Å². The van der Waals surface area contributed by atoms with Crippen LogP contribution in [-0.4, -0.2) is 22.2 Å². The van der Waals surface area contributed by atoms with Crippen LogP contribution in [-0.2, 0) is 6.54 Å². The maximum Gasteiger partial charge on any atom is 0.274 e. The lowest BCUT2D eigenvalue weighted by molar-refractivity contribution is -0.925. The molecule has 0 radical (unpaired) electrons. The quantitative estimate of drug-likeness (QED) is 0.548. The molecule has 24 heavy (non-hydrogen) atoms. The average Bonchev–Trinajstić information content (AvgIpc) is 3.26. The molecule has 0 aliphatic heterocycles. The largest absolute Gasteiger partial charge is 0.415 e. The van der Waals surface area contributed by atoms with E-state index in [1.54, 1.807) is 23.5 Å². The van der Waals surface area contributed by atoms with Crippen molar-refractivity contribution in [3.63, 3.8) is 0 Å². The van der Waals surface area contributed by atoms with Crippen molar-refractivity contribution in [2.24, 2.45) is 0 Å². The molecule has 3 rings (SSSR count). The van der Waals surface area contributed by atoms with Gasteiger partial charge in [-0.05, 0) is 35.9 Å². The van der Waals surface area contributed by atoms with Crippen LogP contribution in [0.1, 0.15) is 24.4 Å². The van der Waals surface area contributed by atoms with Crippen molar-refractivity contribution in [3.8, 4) is 11.5 Å². The topological polar surface area (TPSA) is 86.5 Å². The van der Waals surface area contributed by atoms with E-state index in [9.17, 15) is 10.1 Å². The van der Waals surface area contributed by atoms with Gasteiger partial charge in [0.25, 0.3) is 11.6 Å². The maximum absolute atomic E-state index is 10.7. The van der Waals surface area contributed by atoms with Gasteiger partial charge in [0.2, 0.25) is 5.89 Å². The Balaban J connectivity index is 1.73. The second-order valence-electron chi connectivity index (χ2n) is 5.63. The maximum atomic E-state index is 10.7. The van der Waals surface area contributed by atoms with Crippen molar-refractivity contribution < 1.29 is 14.2 Å². The van der Waals surface area contributed by atoms with Crippen LogP contribution in [0.2, 0.25) is 0 Å². The van der Waals surface area contributed by atoms with Gasteiger partial charge in [0.1, 0.15) is 6.54 Å². The molecular weight excluding hydrogens is 328 g/mol. The highest BCUT2D eigenvalue weighted by Gasteiger charge is 2.23. The van der Waals surface area contributed by atoms with Crippen molar-refractivity contribution in [1.29, 1.82) is 0 Å². The first-order valence-electron chi connectivity index (χ1n) is 7.46. The third-order valence-electron chi connectivity index (χ3n) is 3.94. The molecule has 3 aromatic rings. The highest BCUT2D eigenvalue weighted by Crippen LogP contribution is 2.22. The van der Waals surface area contributed by atoms with Crippen molar-refractivity contribution in [3.05, 3.63) is 62.7 Å². The average molecular weight is 345 g/mol. The normalized spacial score (nSPS) is 13.6. The van der Waals surface area contributed by atoms with Crippen LogP contribution < -0.4 is 4.90 Å². The molecule has 2 heterocycles. The number of hydrogen-bond donors (Lipinski definition) is 1.